The smallest absolute Gasteiger partial charge is 0.230 e. The fourth-order valence-corrected chi connectivity index (χ4v) is 4.71. The van der Waals surface area contributed by atoms with Gasteiger partial charge in [-0.25, -0.2) is 9.97 Å². The van der Waals surface area contributed by atoms with E-state index >= 15 is 0 Å². The number of anilines is 1. The molecule has 2 aliphatic rings. The molecule has 1 aliphatic heterocycles. The van der Waals surface area contributed by atoms with Crippen LogP contribution in [0.15, 0.2) is 17.4 Å². The van der Waals surface area contributed by atoms with Crippen molar-refractivity contribution in [1.82, 2.24) is 15.3 Å². The van der Waals surface area contributed by atoms with Crippen LogP contribution < -0.4 is 10.2 Å². The maximum absolute atomic E-state index is 12.2. The van der Waals surface area contributed by atoms with Crippen LogP contribution >= 0.6 is 11.8 Å². The fraction of sp³-hybridized carbons (Fsp3) is 0.737. The molecule has 0 radical (unpaired) electrons. The van der Waals surface area contributed by atoms with Crippen LogP contribution in [0.25, 0.3) is 0 Å². The van der Waals surface area contributed by atoms with Gasteiger partial charge < -0.3 is 10.2 Å². The Kier molecular flexibility index (Phi) is 6.57. The van der Waals surface area contributed by atoms with E-state index in [2.05, 4.69) is 34.0 Å². The zero-order valence-corrected chi connectivity index (χ0v) is 16.2. The summed E-state index contributed by atoms with van der Waals surface area (Å²) >= 11 is 1.44. The summed E-state index contributed by atoms with van der Waals surface area (Å²) in [5, 5.41) is 3.85. The Labute approximate surface area is 155 Å². The summed E-state index contributed by atoms with van der Waals surface area (Å²) in [7, 11) is 0. The Hall–Kier alpha value is -1.30. The second-order valence-electron chi connectivity index (χ2n) is 7.74. The second-order valence-corrected chi connectivity index (χ2v) is 8.68. The number of piperidine rings is 1. The maximum atomic E-state index is 12.2. The predicted octanol–water partition coefficient (Wildman–Crippen LogP) is 3.50. The van der Waals surface area contributed by atoms with Crippen molar-refractivity contribution < 1.29 is 4.79 Å². The third kappa shape index (κ3) is 5.59. The molecule has 138 valence electrons. The summed E-state index contributed by atoms with van der Waals surface area (Å²) in [6, 6.07) is 2.35. The van der Waals surface area contributed by atoms with E-state index < -0.39 is 0 Å². The molecule has 1 saturated carbocycles. The van der Waals surface area contributed by atoms with Crippen molar-refractivity contribution in [2.24, 2.45) is 11.8 Å². The van der Waals surface area contributed by atoms with Crippen LogP contribution in [-0.4, -0.2) is 40.8 Å². The average molecular weight is 363 g/mol. The molecule has 0 aromatic carbocycles. The van der Waals surface area contributed by atoms with Crippen molar-refractivity contribution >= 4 is 23.5 Å². The van der Waals surface area contributed by atoms with Gasteiger partial charge in [-0.2, -0.15) is 0 Å². The van der Waals surface area contributed by atoms with Gasteiger partial charge in [-0.15, -0.1) is 0 Å². The molecule has 1 N–H and O–H groups in total. The molecule has 0 spiro atoms. The van der Waals surface area contributed by atoms with Crippen molar-refractivity contribution in [3.05, 3.63) is 12.3 Å². The topological polar surface area (TPSA) is 58.1 Å². The van der Waals surface area contributed by atoms with E-state index in [0.29, 0.717) is 28.8 Å². The molecular formula is C19H30N4OS. The molecule has 2 heterocycles. The highest BCUT2D eigenvalue weighted by Crippen LogP contribution is 2.26. The van der Waals surface area contributed by atoms with Gasteiger partial charge in [-0.3, -0.25) is 4.79 Å². The Morgan fingerprint density at radius 1 is 1.24 bits per heavy atom. The minimum Gasteiger partial charge on any atom is -0.356 e. The van der Waals surface area contributed by atoms with Gasteiger partial charge in [0.1, 0.15) is 5.82 Å². The molecule has 2 atom stereocenters. The summed E-state index contributed by atoms with van der Waals surface area (Å²) < 4.78 is 0. The van der Waals surface area contributed by atoms with Crippen molar-refractivity contribution in [1.29, 1.82) is 0 Å². The molecule has 1 aliphatic carbocycles. The summed E-state index contributed by atoms with van der Waals surface area (Å²) in [5.74, 6) is 2.87. The Morgan fingerprint density at radius 3 is 2.68 bits per heavy atom. The lowest BCUT2D eigenvalue weighted by Crippen LogP contribution is -2.39. The number of aromatic nitrogens is 2. The number of hydrogen-bond acceptors (Lipinski definition) is 5. The molecule has 25 heavy (non-hydrogen) atoms. The maximum Gasteiger partial charge on any atom is 0.230 e. The quantitative estimate of drug-likeness (QED) is 0.642. The number of nitrogens with one attached hydrogen (secondary N) is 1. The molecule has 1 aromatic rings. The number of amides is 1. The van der Waals surface area contributed by atoms with Crippen LogP contribution in [0, 0.1) is 11.8 Å². The third-order valence-electron chi connectivity index (χ3n) is 5.11. The fourth-order valence-electron chi connectivity index (χ4n) is 4.07. The van der Waals surface area contributed by atoms with E-state index in [9.17, 15) is 4.79 Å². The summed E-state index contributed by atoms with van der Waals surface area (Å²) in [4.78, 5) is 23.5. The van der Waals surface area contributed by atoms with E-state index in [1.165, 1.54) is 37.4 Å². The normalized spacial score (nSPS) is 25.0. The number of carbonyl (C=O) groups is 1. The molecule has 1 aromatic heterocycles. The summed E-state index contributed by atoms with van der Waals surface area (Å²) in [6.07, 6.45) is 9.10. The number of nitrogens with zero attached hydrogens (tertiary/aromatic N) is 3. The lowest BCUT2D eigenvalue weighted by Gasteiger charge is -2.35. The Morgan fingerprint density at radius 2 is 1.96 bits per heavy atom. The van der Waals surface area contributed by atoms with Gasteiger partial charge >= 0.3 is 0 Å². The standard InChI is InChI=1S/C19H30N4OS/c1-14-10-15(2)12-23(11-14)17-8-9-20-19(22-17)25-13-18(24)21-16-6-4-3-5-7-16/h8-9,14-16H,3-7,10-13H2,1-2H3,(H,21,24). The first-order valence-corrected chi connectivity index (χ1v) is 10.6. The highest BCUT2D eigenvalue weighted by Gasteiger charge is 2.23. The van der Waals surface area contributed by atoms with Gasteiger partial charge in [0.05, 0.1) is 5.75 Å². The number of rotatable bonds is 5. The van der Waals surface area contributed by atoms with Crippen LogP contribution in [0.1, 0.15) is 52.4 Å². The molecule has 3 rings (SSSR count). The van der Waals surface area contributed by atoms with Crippen molar-refractivity contribution in [3.63, 3.8) is 0 Å². The van der Waals surface area contributed by atoms with Gasteiger partial charge in [0.2, 0.25) is 5.91 Å². The molecule has 2 unspecified atom stereocenters. The molecule has 0 bridgehead atoms. The van der Waals surface area contributed by atoms with Crippen molar-refractivity contribution in [2.75, 3.05) is 23.7 Å². The van der Waals surface area contributed by atoms with Crippen LogP contribution in [0.3, 0.4) is 0 Å². The van der Waals surface area contributed by atoms with Crippen LogP contribution in [0.2, 0.25) is 0 Å². The first-order valence-electron chi connectivity index (χ1n) is 9.60. The largest absolute Gasteiger partial charge is 0.356 e. The van der Waals surface area contributed by atoms with Crippen molar-refractivity contribution in [2.45, 2.75) is 63.6 Å². The Balaban J connectivity index is 1.52. The first-order chi connectivity index (χ1) is 12.1. The predicted molar refractivity (Wildman–Crippen MR) is 103 cm³/mol. The molecule has 5 nitrogen and oxygen atoms in total. The third-order valence-corrected chi connectivity index (χ3v) is 5.98. The lowest BCUT2D eigenvalue weighted by atomic mass is 9.92. The zero-order valence-electron chi connectivity index (χ0n) is 15.4. The highest BCUT2D eigenvalue weighted by atomic mass is 32.2. The lowest BCUT2D eigenvalue weighted by molar-refractivity contribution is -0.119. The van der Waals surface area contributed by atoms with Crippen LogP contribution in [0.5, 0.6) is 0 Å². The first kappa shape index (κ1) is 18.5. The monoisotopic (exact) mass is 362 g/mol. The van der Waals surface area contributed by atoms with E-state index in [4.69, 9.17) is 0 Å². The average Bonchev–Trinajstić information content (AvgIpc) is 2.60. The molecule has 1 amide bonds. The van der Waals surface area contributed by atoms with E-state index in [1.807, 2.05) is 12.3 Å². The SMILES string of the molecule is CC1CC(C)CN(c2ccnc(SCC(=O)NC3CCCCC3)n2)C1. The summed E-state index contributed by atoms with van der Waals surface area (Å²) in [6.45, 7) is 6.70. The zero-order chi connectivity index (χ0) is 17.6. The Bertz CT molecular complexity index is 566. The second kappa shape index (κ2) is 8.88. The van der Waals surface area contributed by atoms with Gasteiger partial charge in [-0.1, -0.05) is 44.9 Å². The van der Waals surface area contributed by atoms with Crippen LogP contribution in [0.4, 0.5) is 5.82 Å². The number of carbonyl (C=O) groups excluding carboxylic acids is 1. The van der Waals surface area contributed by atoms with E-state index in [-0.39, 0.29) is 5.91 Å². The van der Waals surface area contributed by atoms with Gasteiger partial charge in [0, 0.05) is 25.3 Å². The van der Waals surface area contributed by atoms with Gasteiger partial charge in [0.15, 0.2) is 5.16 Å². The van der Waals surface area contributed by atoms with Crippen LogP contribution in [-0.2, 0) is 4.79 Å². The summed E-state index contributed by atoms with van der Waals surface area (Å²) in [5.41, 5.74) is 0. The molecular weight excluding hydrogens is 332 g/mol. The molecule has 2 fully saturated rings. The van der Waals surface area contributed by atoms with Gasteiger partial charge in [0.25, 0.3) is 0 Å². The minimum absolute atomic E-state index is 0.103. The highest BCUT2D eigenvalue weighted by molar-refractivity contribution is 7.99. The van der Waals surface area contributed by atoms with E-state index in [0.717, 1.165) is 31.7 Å². The number of hydrogen-bond donors (Lipinski definition) is 1. The minimum atomic E-state index is 0.103. The van der Waals surface area contributed by atoms with E-state index in [1.54, 1.807) is 0 Å². The molecule has 1 saturated heterocycles. The number of thioether (sulfide) groups is 1. The van der Waals surface area contributed by atoms with Gasteiger partial charge in [-0.05, 0) is 37.2 Å². The van der Waals surface area contributed by atoms with Crippen molar-refractivity contribution in [3.8, 4) is 0 Å². The molecule has 6 heteroatoms.